The molecule has 1 saturated carbocycles. The number of aliphatic imine (C=N–C) groups is 1. The molecule has 0 spiro atoms. The number of guanidine groups is 1. The molecule has 0 aliphatic heterocycles. The lowest BCUT2D eigenvalue weighted by Gasteiger charge is -2.31. The zero-order valence-electron chi connectivity index (χ0n) is 19.4. The second kappa shape index (κ2) is 11.8. The molecule has 1 unspecified atom stereocenters. The Morgan fingerprint density at radius 3 is 2.42 bits per heavy atom. The van der Waals surface area contributed by atoms with Crippen LogP contribution in [0.2, 0.25) is 0 Å². The van der Waals surface area contributed by atoms with Gasteiger partial charge >= 0.3 is 6.09 Å². The number of carbonyl (C=O) groups excluding carboxylic acids is 1. The summed E-state index contributed by atoms with van der Waals surface area (Å²) >= 11 is 0. The van der Waals surface area contributed by atoms with Crippen LogP contribution < -0.4 is 20.7 Å². The summed E-state index contributed by atoms with van der Waals surface area (Å²) in [7, 11) is 1.61. The Hall–Kier alpha value is -2.48. The average molecular weight is 435 g/mol. The van der Waals surface area contributed by atoms with Crippen molar-refractivity contribution in [3.8, 4) is 5.75 Å². The summed E-state index contributed by atoms with van der Waals surface area (Å²) < 4.78 is 10.6. The van der Waals surface area contributed by atoms with E-state index in [0.29, 0.717) is 11.7 Å². The Kier molecular flexibility index (Phi) is 9.43. The molecule has 1 aromatic rings. The third kappa shape index (κ3) is 9.04. The molecule has 1 amide bonds. The fourth-order valence-electron chi connectivity index (χ4n) is 3.50. The lowest BCUT2D eigenvalue weighted by atomic mass is 9.91. The molecule has 1 aliphatic rings. The van der Waals surface area contributed by atoms with Crippen molar-refractivity contribution in [1.82, 2.24) is 16.0 Å². The highest BCUT2D eigenvalue weighted by Gasteiger charge is 2.25. The lowest BCUT2D eigenvalue weighted by Crippen LogP contribution is -2.48. The highest BCUT2D eigenvalue weighted by atomic mass is 16.6. The van der Waals surface area contributed by atoms with Crippen LogP contribution in [0.1, 0.15) is 65.0 Å². The van der Waals surface area contributed by atoms with Crippen LogP contribution in [0.25, 0.3) is 0 Å². The van der Waals surface area contributed by atoms with Gasteiger partial charge in [-0.25, -0.2) is 4.79 Å². The number of aliphatic hydroxyl groups excluding tert-OH is 1. The van der Waals surface area contributed by atoms with Crippen molar-refractivity contribution in [2.75, 3.05) is 20.2 Å². The highest BCUT2D eigenvalue weighted by molar-refractivity contribution is 5.80. The fourth-order valence-corrected chi connectivity index (χ4v) is 3.50. The molecule has 8 heteroatoms. The van der Waals surface area contributed by atoms with Gasteiger partial charge in [-0.2, -0.15) is 0 Å². The molecule has 31 heavy (non-hydrogen) atoms. The van der Waals surface area contributed by atoms with Gasteiger partial charge < -0.3 is 30.5 Å². The zero-order valence-corrected chi connectivity index (χ0v) is 19.4. The van der Waals surface area contributed by atoms with Crippen LogP contribution in [-0.4, -0.2) is 55.0 Å². The average Bonchev–Trinajstić information content (AvgIpc) is 2.72. The fraction of sp³-hybridized carbons (Fsp3) is 0.652. The van der Waals surface area contributed by atoms with Gasteiger partial charge in [0.25, 0.3) is 0 Å². The number of nitrogens with one attached hydrogen (secondary N) is 3. The Morgan fingerprint density at radius 2 is 1.84 bits per heavy atom. The molecular formula is C23H38N4O4. The second-order valence-corrected chi connectivity index (χ2v) is 8.85. The molecule has 4 N–H and O–H groups in total. The van der Waals surface area contributed by atoms with Crippen molar-refractivity contribution < 1.29 is 19.4 Å². The maximum Gasteiger partial charge on any atom is 0.407 e. The van der Waals surface area contributed by atoms with E-state index < -0.39 is 11.7 Å². The standard InChI is InChI=1S/C23H38N4O4/c1-6-24-21(25-15-20(28)16-8-7-9-19(14-16)30-5)26-17-10-12-18(13-11-17)27-22(29)31-23(2,3)4/h7-9,14,17-18,20,28H,6,10-13,15H2,1-5H3,(H,27,29)(H2,24,25,26). The first-order valence-corrected chi connectivity index (χ1v) is 11.1. The normalized spacial score (nSPS) is 20.5. The first kappa shape index (κ1) is 24.8. The summed E-state index contributed by atoms with van der Waals surface area (Å²) in [5.41, 5.74) is 0.280. The molecule has 0 radical (unpaired) electrons. The van der Waals surface area contributed by atoms with E-state index in [4.69, 9.17) is 9.47 Å². The van der Waals surface area contributed by atoms with Crippen LogP contribution in [0, 0.1) is 0 Å². The van der Waals surface area contributed by atoms with E-state index in [1.54, 1.807) is 7.11 Å². The summed E-state index contributed by atoms with van der Waals surface area (Å²) in [5.74, 6) is 1.40. The molecule has 8 nitrogen and oxygen atoms in total. The van der Waals surface area contributed by atoms with E-state index in [2.05, 4.69) is 20.9 Å². The van der Waals surface area contributed by atoms with Gasteiger partial charge in [-0.15, -0.1) is 0 Å². The summed E-state index contributed by atoms with van der Waals surface area (Å²) in [6, 6.07) is 7.78. The molecule has 1 aliphatic carbocycles. The van der Waals surface area contributed by atoms with E-state index in [1.165, 1.54) is 0 Å². The van der Waals surface area contributed by atoms with Gasteiger partial charge in [0.2, 0.25) is 0 Å². The van der Waals surface area contributed by atoms with Crippen LogP contribution in [0.15, 0.2) is 29.3 Å². The molecular weight excluding hydrogens is 396 g/mol. The van der Waals surface area contributed by atoms with E-state index >= 15 is 0 Å². The Bertz CT molecular complexity index is 725. The Balaban J connectivity index is 1.84. The molecule has 0 aromatic heterocycles. The van der Waals surface area contributed by atoms with Crippen LogP contribution in [0.3, 0.4) is 0 Å². The number of hydrogen-bond acceptors (Lipinski definition) is 5. The van der Waals surface area contributed by atoms with Crippen molar-refractivity contribution in [3.05, 3.63) is 29.8 Å². The first-order valence-electron chi connectivity index (χ1n) is 11.1. The topological polar surface area (TPSA) is 104 Å². The summed E-state index contributed by atoms with van der Waals surface area (Å²) in [4.78, 5) is 16.5. The number of nitrogens with zero attached hydrogens (tertiary/aromatic N) is 1. The van der Waals surface area contributed by atoms with Gasteiger partial charge in [0.15, 0.2) is 5.96 Å². The number of aliphatic hydroxyl groups is 1. The predicted molar refractivity (Wildman–Crippen MR) is 122 cm³/mol. The van der Waals surface area contributed by atoms with E-state index in [1.807, 2.05) is 52.0 Å². The third-order valence-electron chi connectivity index (χ3n) is 5.03. The quantitative estimate of drug-likeness (QED) is 0.388. The van der Waals surface area contributed by atoms with Crippen molar-refractivity contribution in [1.29, 1.82) is 0 Å². The van der Waals surface area contributed by atoms with Crippen molar-refractivity contribution in [2.24, 2.45) is 4.99 Å². The molecule has 1 atom stereocenters. The molecule has 0 saturated heterocycles. The van der Waals surface area contributed by atoms with Gasteiger partial charge in [0.05, 0.1) is 19.8 Å². The van der Waals surface area contributed by atoms with E-state index in [0.717, 1.165) is 37.8 Å². The summed E-state index contributed by atoms with van der Waals surface area (Å²) in [5, 5.41) is 20.2. The smallest absolute Gasteiger partial charge is 0.407 e. The number of ether oxygens (including phenoxy) is 2. The Morgan fingerprint density at radius 1 is 1.19 bits per heavy atom. The number of alkyl carbamates (subject to hydrolysis) is 1. The van der Waals surface area contributed by atoms with Crippen LogP contribution in [-0.2, 0) is 4.74 Å². The summed E-state index contributed by atoms with van der Waals surface area (Å²) in [6.07, 6.45) is 2.53. The van der Waals surface area contributed by atoms with Crippen molar-refractivity contribution in [2.45, 2.75) is 77.2 Å². The minimum atomic E-state index is -0.709. The van der Waals surface area contributed by atoms with Crippen LogP contribution in [0.5, 0.6) is 5.75 Å². The number of methoxy groups -OCH3 is 1. The highest BCUT2D eigenvalue weighted by Crippen LogP contribution is 2.21. The van der Waals surface area contributed by atoms with Crippen LogP contribution in [0.4, 0.5) is 4.79 Å². The molecule has 1 aromatic carbocycles. The lowest BCUT2D eigenvalue weighted by molar-refractivity contribution is 0.0490. The van der Waals surface area contributed by atoms with Crippen LogP contribution >= 0.6 is 0 Å². The third-order valence-corrected chi connectivity index (χ3v) is 5.03. The maximum atomic E-state index is 12.0. The van der Waals surface area contributed by atoms with Gasteiger partial charge in [0, 0.05) is 18.6 Å². The molecule has 0 heterocycles. The first-order chi connectivity index (χ1) is 14.7. The van der Waals surface area contributed by atoms with E-state index in [-0.39, 0.29) is 24.7 Å². The second-order valence-electron chi connectivity index (χ2n) is 8.85. The van der Waals surface area contributed by atoms with Gasteiger partial charge in [-0.05, 0) is 71.1 Å². The van der Waals surface area contributed by atoms with Gasteiger partial charge in [0.1, 0.15) is 11.4 Å². The largest absolute Gasteiger partial charge is 0.497 e. The van der Waals surface area contributed by atoms with Gasteiger partial charge in [-0.3, -0.25) is 4.99 Å². The molecule has 174 valence electrons. The SMILES string of the molecule is CCNC(=NCC(O)c1cccc(OC)c1)NC1CCC(NC(=O)OC(C)(C)C)CC1. The minimum Gasteiger partial charge on any atom is -0.497 e. The molecule has 1 fully saturated rings. The molecule has 0 bridgehead atoms. The zero-order chi connectivity index (χ0) is 22.9. The number of hydrogen-bond donors (Lipinski definition) is 4. The molecule has 2 rings (SSSR count). The minimum absolute atomic E-state index is 0.127. The number of rotatable bonds is 7. The Labute approximate surface area is 185 Å². The van der Waals surface area contributed by atoms with Crippen molar-refractivity contribution >= 4 is 12.1 Å². The number of carbonyl (C=O) groups is 1. The van der Waals surface area contributed by atoms with E-state index in [9.17, 15) is 9.90 Å². The number of benzene rings is 1. The predicted octanol–water partition coefficient (Wildman–Crippen LogP) is 3.12. The van der Waals surface area contributed by atoms with Gasteiger partial charge in [-0.1, -0.05) is 12.1 Å². The monoisotopic (exact) mass is 434 g/mol. The summed E-state index contributed by atoms with van der Waals surface area (Å²) in [6.45, 7) is 8.58. The van der Waals surface area contributed by atoms with Crippen molar-refractivity contribution in [3.63, 3.8) is 0 Å². The number of amides is 1. The maximum absolute atomic E-state index is 12.0.